The molecule has 92 valence electrons. The zero-order chi connectivity index (χ0) is 12.5. The van der Waals surface area contributed by atoms with Crippen LogP contribution in [0.4, 0.5) is 5.69 Å². The Morgan fingerprint density at radius 3 is 3.06 bits per heavy atom. The molecular weight excluding hydrogens is 226 g/mol. The third kappa shape index (κ3) is 1.95. The molecule has 5 nitrogen and oxygen atoms in total. The van der Waals surface area contributed by atoms with Crippen molar-refractivity contribution in [3.05, 3.63) is 41.9 Å². The van der Waals surface area contributed by atoms with E-state index in [1.165, 1.54) is 16.5 Å². The number of anilines is 1. The van der Waals surface area contributed by atoms with Crippen LogP contribution in [0.3, 0.4) is 0 Å². The summed E-state index contributed by atoms with van der Waals surface area (Å²) >= 11 is 0. The second-order valence-electron chi connectivity index (χ2n) is 4.51. The quantitative estimate of drug-likeness (QED) is 0.739. The predicted molar refractivity (Wildman–Crippen MR) is 71.4 cm³/mol. The molecule has 0 saturated heterocycles. The average molecular weight is 241 g/mol. The van der Waals surface area contributed by atoms with Gasteiger partial charge in [0.05, 0.1) is 17.4 Å². The van der Waals surface area contributed by atoms with E-state index in [1.807, 2.05) is 24.1 Å². The van der Waals surface area contributed by atoms with Gasteiger partial charge in [-0.2, -0.15) is 10.2 Å². The van der Waals surface area contributed by atoms with Crippen LogP contribution in [0.1, 0.15) is 11.1 Å². The van der Waals surface area contributed by atoms with Crippen LogP contribution in [0, 0.1) is 6.92 Å². The first-order valence-electron chi connectivity index (χ1n) is 5.88. The molecule has 0 unspecified atom stereocenters. The van der Waals surface area contributed by atoms with Gasteiger partial charge < -0.3 is 5.32 Å². The number of aryl methyl sites for hydroxylation is 2. The lowest BCUT2D eigenvalue weighted by Crippen LogP contribution is -2.00. The Kier molecular flexibility index (Phi) is 2.51. The first kappa shape index (κ1) is 10.8. The van der Waals surface area contributed by atoms with Crippen molar-refractivity contribution in [3.63, 3.8) is 0 Å². The molecule has 0 radical (unpaired) electrons. The minimum absolute atomic E-state index is 0.745. The summed E-state index contributed by atoms with van der Waals surface area (Å²) in [5.41, 5.74) is 4.49. The number of aromatic nitrogens is 4. The number of aromatic amines is 1. The SMILES string of the molecule is Cc1cc(CNc2cn[nH]c2)c2nn(C)cc2c1. The fraction of sp³-hybridized carbons (Fsp3) is 0.231. The Balaban J connectivity index is 1.95. The summed E-state index contributed by atoms with van der Waals surface area (Å²) in [6, 6.07) is 4.33. The molecule has 0 aliphatic rings. The van der Waals surface area contributed by atoms with Crippen LogP contribution in [0.2, 0.25) is 0 Å². The molecule has 5 heteroatoms. The molecule has 3 rings (SSSR count). The van der Waals surface area contributed by atoms with Gasteiger partial charge in [-0.25, -0.2) is 0 Å². The van der Waals surface area contributed by atoms with Gasteiger partial charge in [-0.15, -0.1) is 0 Å². The van der Waals surface area contributed by atoms with Gasteiger partial charge in [-0.05, 0) is 24.1 Å². The molecule has 2 aromatic heterocycles. The van der Waals surface area contributed by atoms with E-state index in [1.54, 1.807) is 6.20 Å². The van der Waals surface area contributed by atoms with Crippen LogP contribution >= 0.6 is 0 Å². The summed E-state index contributed by atoms with van der Waals surface area (Å²) in [6.07, 6.45) is 5.65. The fourth-order valence-electron chi connectivity index (χ4n) is 2.17. The number of H-pyrrole nitrogens is 1. The van der Waals surface area contributed by atoms with E-state index in [-0.39, 0.29) is 0 Å². The summed E-state index contributed by atoms with van der Waals surface area (Å²) in [5.74, 6) is 0. The maximum Gasteiger partial charge on any atom is 0.0973 e. The van der Waals surface area contributed by atoms with Crippen LogP contribution in [-0.4, -0.2) is 20.0 Å². The van der Waals surface area contributed by atoms with Crippen molar-refractivity contribution in [2.75, 3.05) is 5.32 Å². The summed E-state index contributed by atoms with van der Waals surface area (Å²) in [7, 11) is 1.95. The Hall–Kier alpha value is -2.30. The molecule has 2 N–H and O–H groups in total. The maximum absolute atomic E-state index is 4.51. The van der Waals surface area contributed by atoms with E-state index in [4.69, 9.17) is 0 Å². The number of rotatable bonds is 3. The highest BCUT2D eigenvalue weighted by molar-refractivity contribution is 5.82. The van der Waals surface area contributed by atoms with Crippen molar-refractivity contribution >= 4 is 16.6 Å². The topological polar surface area (TPSA) is 58.5 Å². The van der Waals surface area contributed by atoms with E-state index >= 15 is 0 Å². The van der Waals surface area contributed by atoms with Crippen LogP contribution in [0.25, 0.3) is 10.9 Å². The Labute approximate surface area is 105 Å². The normalized spacial score (nSPS) is 11.0. The van der Waals surface area contributed by atoms with Crippen LogP contribution in [0.15, 0.2) is 30.7 Å². The standard InChI is InChI=1S/C13H15N5/c1-9-3-10(5-14-12-6-15-16-7-12)13-11(4-9)8-18(2)17-13/h3-4,6-8,14H,5H2,1-2H3,(H,15,16). The van der Waals surface area contributed by atoms with Crippen molar-refractivity contribution in [3.8, 4) is 0 Å². The second kappa shape index (κ2) is 4.18. The molecule has 0 fully saturated rings. The lowest BCUT2D eigenvalue weighted by molar-refractivity contribution is 0.778. The summed E-state index contributed by atoms with van der Waals surface area (Å²) in [4.78, 5) is 0. The van der Waals surface area contributed by atoms with Gasteiger partial charge in [0.15, 0.2) is 0 Å². The molecule has 0 saturated carbocycles. The second-order valence-corrected chi connectivity index (χ2v) is 4.51. The van der Waals surface area contributed by atoms with Gasteiger partial charge in [0.25, 0.3) is 0 Å². The van der Waals surface area contributed by atoms with Gasteiger partial charge in [-0.1, -0.05) is 6.07 Å². The van der Waals surface area contributed by atoms with Crippen molar-refractivity contribution in [1.82, 2.24) is 20.0 Å². The Morgan fingerprint density at radius 2 is 2.28 bits per heavy atom. The zero-order valence-electron chi connectivity index (χ0n) is 10.4. The summed E-state index contributed by atoms with van der Waals surface area (Å²) in [6.45, 7) is 2.85. The third-order valence-corrected chi connectivity index (χ3v) is 2.93. The average Bonchev–Trinajstić information content (AvgIpc) is 2.93. The minimum Gasteiger partial charge on any atom is -0.378 e. The smallest absolute Gasteiger partial charge is 0.0973 e. The third-order valence-electron chi connectivity index (χ3n) is 2.93. The molecule has 0 bridgehead atoms. The number of benzene rings is 1. The number of hydrogen-bond donors (Lipinski definition) is 2. The summed E-state index contributed by atoms with van der Waals surface area (Å²) in [5, 5.41) is 15.7. The Bertz CT molecular complexity index is 666. The van der Waals surface area contributed by atoms with Crippen LogP contribution in [0.5, 0.6) is 0 Å². The highest BCUT2D eigenvalue weighted by Crippen LogP contribution is 2.20. The first-order chi connectivity index (χ1) is 8.72. The van der Waals surface area contributed by atoms with Gasteiger partial charge in [0, 0.05) is 31.4 Å². The molecule has 2 heterocycles. The first-order valence-corrected chi connectivity index (χ1v) is 5.88. The summed E-state index contributed by atoms with van der Waals surface area (Å²) < 4.78 is 1.85. The van der Waals surface area contributed by atoms with E-state index in [0.717, 1.165) is 17.7 Å². The van der Waals surface area contributed by atoms with E-state index < -0.39 is 0 Å². The van der Waals surface area contributed by atoms with Gasteiger partial charge in [-0.3, -0.25) is 9.78 Å². The zero-order valence-corrected chi connectivity index (χ0v) is 10.4. The number of nitrogens with zero attached hydrogens (tertiary/aromatic N) is 3. The highest BCUT2D eigenvalue weighted by atomic mass is 15.2. The van der Waals surface area contributed by atoms with Gasteiger partial charge in [0.2, 0.25) is 0 Å². The monoisotopic (exact) mass is 241 g/mol. The number of hydrogen-bond acceptors (Lipinski definition) is 3. The molecule has 1 aromatic carbocycles. The molecule has 3 aromatic rings. The van der Waals surface area contributed by atoms with E-state index in [9.17, 15) is 0 Å². The van der Waals surface area contributed by atoms with Crippen molar-refractivity contribution < 1.29 is 0 Å². The minimum atomic E-state index is 0.745. The van der Waals surface area contributed by atoms with Crippen LogP contribution in [-0.2, 0) is 13.6 Å². The lowest BCUT2D eigenvalue weighted by atomic mass is 10.1. The molecular formula is C13H15N5. The van der Waals surface area contributed by atoms with E-state index in [0.29, 0.717) is 0 Å². The van der Waals surface area contributed by atoms with Crippen molar-refractivity contribution in [2.45, 2.75) is 13.5 Å². The van der Waals surface area contributed by atoms with Crippen molar-refractivity contribution in [2.24, 2.45) is 7.05 Å². The van der Waals surface area contributed by atoms with Gasteiger partial charge in [0.1, 0.15) is 0 Å². The number of nitrogens with one attached hydrogen (secondary N) is 2. The Morgan fingerprint density at radius 1 is 1.39 bits per heavy atom. The largest absolute Gasteiger partial charge is 0.378 e. The van der Waals surface area contributed by atoms with E-state index in [2.05, 4.69) is 39.7 Å². The highest BCUT2D eigenvalue weighted by Gasteiger charge is 2.06. The van der Waals surface area contributed by atoms with Crippen LogP contribution < -0.4 is 5.32 Å². The number of fused-ring (bicyclic) bond motifs is 1. The predicted octanol–water partition coefficient (Wildman–Crippen LogP) is 2.22. The molecule has 0 atom stereocenters. The maximum atomic E-state index is 4.51. The molecule has 0 spiro atoms. The molecule has 18 heavy (non-hydrogen) atoms. The van der Waals surface area contributed by atoms with Gasteiger partial charge >= 0.3 is 0 Å². The van der Waals surface area contributed by atoms with Crippen molar-refractivity contribution in [1.29, 1.82) is 0 Å². The molecule has 0 aliphatic heterocycles. The lowest BCUT2D eigenvalue weighted by Gasteiger charge is -2.05. The molecule has 0 amide bonds. The molecule has 0 aliphatic carbocycles. The fourth-order valence-corrected chi connectivity index (χ4v) is 2.17.